The zero-order chi connectivity index (χ0) is 13.3. The van der Waals surface area contributed by atoms with Crippen LogP contribution in [0.3, 0.4) is 0 Å². The van der Waals surface area contributed by atoms with Crippen molar-refractivity contribution in [3.63, 3.8) is 0 Å². The number of aryl methyl sites for hydroxylation is 1. The number of hydrogen-bond acceptors (Lipinski definition) is 4. The van der Waals surface area contributed by atoms with E-state index in [2.05, 4.69) is 48.4 Å². The van der Waals surface area contributed by atoms with E-state index in [0.29, 0.717) is 5.92 Å². The molecule has 0 radical (unpaired) electrons. The minimum Gasteiger partial charge on any atom is -0.394 e. The van der Waals surface area contributed by atoms with Crippen LogP contribution in [0.25, 0.3) is 0 Å². The van der Waals surface area contributed by atoms with Gasteiger partial charge in [-0.1, -0.05) is 19.9 Å². The fourth-order valence-electron chi connectivity index (χ4n) is 2.14. The lowest BCUT2D eigenvalue weighted by Crippen LogP contribution is -2.19. The van der Waals surface area contributed by atoms with E-state index in [1.54, 1.807) is 11.3 Å². The molecule has 2 heterocycles. The Labute approximate surface area is 112 Å². The van der Waals surface area contributed by atoms with E-state index in [1.807, 2.05) is 11.7 Å². The van der Waals surface area contributed by atoms with Crippen LogP contribution in [0.4, 0.5) is 11.5 Å². The van der Waals surface area contributed by atoms with Crippen LogP contribution < -0.4 is 10.6 Å². The standard InChI is InChI=1S/C13H20N4S/c1-9(2)12-11(14)13(17(4)15-12)16(3)8-10-6-5-7-18-10/h5-7,9H,8,14H2,1-4H3. The van der Waals surface area contributed by atoms with Gasteiger partial charge in [-0.3, -0.25) is 4.68 Å². The summed E-state index contributed by atoms with van der Waals surface area (Å²) in [5, 5.41) is 6.61. The average Bonchev–Trinajstić information content (AvgIpc) is 2.86. The molecule has 2 N–H and O–H groups in total. The Balaban J connectivity index is 2.27. The van der Waals surface area contributed by atoms with Gasteiger partial charge in [0.15, 0.2) is 0 Å². The van der Waals surface area contributed by atoms with Gasteiger partial charge in [-0.05, 0) is 17.4 Å². The van der Waals surface area contributed by atoms with Crippen LogP contribution in [0.1, 0.15) is 30.3 Å². The molecule has 0 spiro atoms. The summed E-state index contributed by atoms with van der Waals surface area (Å²) in [6.07, 6.45) is 0. The van der Waals surface area contributed by atoms with Gasteiger partial charge in [-0.2, -0.15) is 5.10 Å². The molecule has 0 aliphatic heterocycles. The molecule has 0 saturated heterocycles. The number of rotatable bonds is 4. The zero-order valence-electron chi connectivity index (χ0n) is 11.3. The molecule has 0 atom stereocenters. The predicted octanol–water partition coefficient (Wildman–Crippen LogP) is 2.82. The van der Waals surface area contributed by atoms with E-state index >= 15 is 0 Å². The second kappa shape index (κ2) is 5.02. The van der Waals surface area contributed by atoms with Crippen molar-refractivity contribution in [1.29, 1.82) is 0 Å². The van der Waals surface area contributed by atoms with Crippen LogP contribution in [0.15, 0.2) is 17.5 Å². The van der Waals surface area contributed by atoms with Gasteiger partial charge in [-0.15, -0.1) is 11.3 Å². The molecule has 2 rings (SSSR count). The number of nitrogens with zero attached hydrogens (tertiary/aromatic N) is 3. The minimum atomic E-state index is 0.347. The first kappa shape index (κ1) is 13.0. The maximum Gasteiger partial charge on any atom is 0.150 e. The highest BCUT2D eigenvalue weighted by atomic mass is 32.1. The molecule has 2 aromatic rings. The summed E-state index contributed by atoms with van der Waals surface area (Å²) in [4.78, 5) is 3.48. The second-order valence-electron chi connectivity index (χ2n) is 4.84. The van der Waals surface area contributed by atoms with Gasteiger partial charge >= 0.3 is 0 Å². The highest BCUT2D eigenvalue weighted by Gasteiger charge is 2.18. The topological polar surface area (TPSA) is 47.1 Å². The summed E-state index contributed by atoms with van der Waals surface area (Å²) in [6, 6.07) is 4.21. The van der Waals surface area contributed by atoms with Crippen LogP contribution in [0.2, 0.25) is 0 Å². The first-order valence-corrected chi connectivity index (χ1v) is 6.94. The van der Waals surface area contributed by atoms with Crippen molar-refractivity contribution in [2.45, 2.75) is 26.3 Å². The van der Waals surface area contributed by atoms with Gasteiger partial charge in [0.2, 0.25) is 0 Å². The number of aromatic nitrogens is 2. The van der Waals surface area contributed by atoms with Crippen molar-refractivity contribution in [3.05, 3.63) is 28.1 Å². The monoisotopic (exact) mass is 264 g/mol. The van der Waals surface area contributed by atoms with Gasteiger partial charge in [0, 0.05) is 19.0 Å². The second-order valence-corrected chi connectivity index (χ2v) is 5.87. The van der Waals surface area contributed by atoms with Crippen molar-refractivity contribution in [2.75, 3.05) is 17.7 Å². The van der Waals surface area contributed by atoms with E-state index in [0.717, 1.165) is 23.7 Å². The molecule has 98 valence electrons. The zero-order valence-corrected chi connectivity index (χ0v) is 12.2. The van der Waals surface area contributed by atoms with Crippen LogP contribution in [0, 0.1) is 0 Å². The maximum atomic E-state index is 6.21. The summed E-state index contributed by atoms with van der Waals surface area (Å²) in [5.74, 6) is 1.34. The molecule has 4 nitrogen and oxygen atoms in total. The number of nitrogens with two attached hydrogens (primary N) is 1. The Kier molecular flexibility index (Phi) is 3.61. The fourth-order valence-corrected chi connectivity index (χ4v) is 2.90. The van der Waals surface area contributed by atoms with Crippen molar-refractivity contribution in [1.82, 2.24) is 9.78 Å². The van der Waals surface area contributed by atoms with E-state index in [1.165, 1.54) is 4.88 Å². The lowest BCUT2D eigenvalue weighted by molar-refractivity contribution is 0.699. The number of hydrogen-bond donors (Lipinski definition) is 1. The molecular weight excluding hydrogens is 244 g/mol. The third-order valence-electron chi connectivity index (χ3n) is 2.96. The quantitative estimate of drug-likeness (QED) is 0.923. The van der Waals surface area contributed by atoms with E-state index < -0.39 is 0 Å². The molecule has 0 aliphatic carbocycles. The van der Waals surface area contributed by atoms with Crippen LogP contribution in [0.5, 0.6) is 0 Å². The molecule has 2 aromatic heterocycles. The summed E-state index contributed by atoms with van der Waals surface area (Å²) in [6.45, 7) is 5.09. The molecule has 0 aromatic carbocycles. The molecule has 0 unspecified atom stereocenters. The maximum absolute atomic E-state index is 6.21. The Morgan fingerprint density at radius 3 is 2.72 bits per heavy atom. The molecule has 0 fully saturated rings. The molecule has 0 saturated carbocycles. The van der Waals surface area contributed by atoms with E-state index in [-0.39, 0.29) is 0 Å². The molecule has 0 bridgehead atoms. The number of nitrogen functional groups attached to an aromatic ring is 1. The predicted molar refractivity (Wildman–Crippen MR) is 78.1 cm³/mol. The van der Waals surface area contributed by atoms with Crippen molar-refractivity contribution in [2.24, 2.45) is 7.05 Å². The summed E-state index contributed by atoms with van der Waals surface area (Å²) in [7, 11) is 4.00. The largest absolute Gasteiger partial charge is 0.394 e. The molecule has 5 heteroatoms. The van der Waals surface area contributed by atoms with E-state index in [9.17, 15) is 0 Å². The molecular formula is C13H20N4S. The van der Waals surface area contributed by atoms with Gasteiger partial charge in [0.05, 0.1) is 17.9 Å². The van der Waals surface area contributed by atoms with Crippen LogP contribution >= 0.6 is 11.3 Å². The third kappa shape index (κ3) is 2.36. The first-order valence-electron chi connectivity index (χ1n) is 6.06. The lowest BCUT2D eigenvalue weighted by Gasteiger charge is -2.19. The van der Waals surface area contributed by atoms with Crippen LogP contribution in [-0.4, -0.2) is 16.8 Å². The normalized spacial score (nSPS) is 11.2. The van der Waals surface area contributed by atoms with Crippen molar-refractivity contribution < 1.29 is 0 Å². The lowest BCUT2D eigenvalue weighted by atomic mass is 10.1. The van der Waals surface area contributed by atoms with E-state index in [4.69, 9.17) is 5.73 Å². The van der Waals surface area contributed by atoms with Gasteiger partial charge in [-0.25, -0.2) is 0 Å². The van der Waals surface area contributed by atoms with Gasteiger partial charge in [0.25, 0.3) is 0 Å². The highest BCUT2D eigenvalue weighted by molar-refractivity contribution is 7.09. The van der Waals surface area contributed by atoms with Crippen LogP contribution in [-0.2, 0) is 13.6 Å². The SMILES string of the molecule is CC(C)c1nn(C)c(N(C)Cc2cccs2)c1N. The minimum absolute atomic E-state index is 0.347. The average molecular weight is 264 g/mol. The summed E-state index contributed by atoms with van der Waals surface area (Å²) in [5.41, 5.74) is 7.99. The Bertz CT molecular complexity index is 513. The van der Waals surface area contributed by atoms with Gasteiger partial charge in [0.1, 0.15) is 5.82 Å². The van der Waals surface area contributed by atoms with Crippen molar-refractivity contribution >= 4 is 22.8 Å². The van der Waals surface area contributed by atoms with Crippen molar-refractivity contribution in [3.8, 4) is 0 Å². The smallest absolute Gasteiger partial charge is 0.150 e. The summed E-state index contributed by atoms with van der Waals surface area (Å²) < 4.78 is 1.87. The number of anilines is 2. The fraction of sp³-hybridized carbons (Fsp3) is 0.462. The molecule has 0 aliphatic rings. The summed E-state index contributed by atoms with van der Waals surface area (Å²) >= 11 is 1.76. The Morgan fingerprint density at radius 1 is 1.50 bits per heavy atom. The Hall–Kier alpha value is -1.49. The third-order valence-corrected chi connectivity index (χ3v) is 3.82. The van der Waals surface area contributed by atoms with Gasteiger partial charge < -0.3 is 10.6 Å². The molecule has 18 heavy (non-hydrogen) atoms. The first-order chi connectivity index (χ1) is 8.50. The number of thiophene rings is 1. The Morgan fingerprint density at radius 2 is 2.22 bits per heavy atom. The molecule has 0 amide bonds. The highest BCUT2D eigenvalue weighted by Crippen LogP contribution is 2.31.